The second-order valence-electron chi connectivity index (χ2n) is 10.1. The van der Waals surface area contributed by atoms with E-state index in [1.165, 1.54) is 55.8 Å². The molecule has 4 aliphatic rings. The molecule has 1 saturated heterocycles. The Balaban J connectivity index is 1.43. The minimum absolute atomic E-state index is 0.0534. The zero-order valence-electron chi connectivity index (χ0n) is 18.7. The highest BCUT2D eigenvalue weighted by atomic mass is 15.3. The van der Waals surface area contributed by atoms with Crippen molar-refractivity contribution in [2.45, 2.75) is 25.3 Å². The maximum atomic E-state index is 4.89. The van der Waals surface area contributed by atoms with Crippen LogP contribution in [0.5, 0.6) is 0 Å². The Morgan fingerprint density at radius 3 is 2.24 bits per heavy atom. The molecule has 3 heterocycles. The summed E-state index contributed by atoms with van der Waals surface area (Å²) in [6, 6.07) is 29.6. The van der Waals surface area contributed by atoms with Crippen LogP contribution >= 0.6 is 0 Å². The Hall–Kier alpha value is -3.85. The molecule has 0 N–H and O–H groups in total. The molecular weight excluding hydrogens is 402 g/mol. The summed E-state index contributed by atoms with van der Waals surface area (Å²) in [5.41, 5.74) is 11.5. The standard InChI is InChI=1S/C30H23N3/c1-30(2)22-10-3-5-12-25(22)33(26-13-6-4-11-23(26)30)24-15-14-21-27-19(24)8-7-9-20(27)28-29(21)32-17-18(32)16-31-28/h3-16,18H,17H2,1-2H3. The number of nitrogens with zero attached hydrogens (tertiary/aromatic N) is 3. The largest absolute Gasteiger partial charge is 0.357 e. The first-order valence-corrected chi connectivity index (χ1v) is 11.8. The van der Waals surface area contributed by atoms with Gasteiger partial charge in [-0.05, 0) is 29.3 Å². The molecule has 33 heavy (non-hydrogen) atoms. The molecule has 3 aliphatic heterocycles. The Kier molecular flexibility index (Phi) is 3.07. The van der Waals surface area contributed by atoms with Crippen LogP contribution in [-0.2, 0) is 5.41 Å². The number of hydrogen-bond donors (Lipinski definition) is 0. The highest BCUT2D eigenvalue weighted by Gasteiger charge is 2.43. The van der Waals surface area contributed by atoms with Gasteiger partial charge < -0.3 is 9.80 Å². The molecule has 0 radical (unpaired) electrons. The van der Waals surface area contributed by atoms with Gasteiger partial charge in [0.25, 0.3) is 0 Å². The topological polar surface area (TPSA) is 18.6 Å². The molecule has 0 amide bonds. The summed E-state index contributed by atoms with van der Waals surface area (Å²) in [7, 11) is 0. The van der Waals surface area contributed by atoms with Gasteiger partial charge in [0, 0.05) is 40.1 Å². The van der Waals surface area contributed by atoms with Crippen molar-refractivity contribution in [2.75, 3.05) is 11.4 Å². The molecule has 1 atom stereocenters. The van der Waals surface area contributed by atoms with Crippen LogP contribution in [0.1, 0.15) is 36.1 Å². The zero-order chi connectivity index (χ0) is 21.9. The molecule has 0 bridgehead atoms. The summed E-state index contributed by atoms with van der Waals surface area (Å²) in [6.07, 6.45) is 2.11. The molecule has 158 valence electrons. The first-order chi connectivity index (χ1) is 16.1. The number of anilines is 3. The molecule has 0 spiro atoms. The van der Waals surface area contributed by atoms with Crippen LogP contribution in [-0.4, -0.2) is 23.7 Å². The van der Waals surface area contributed by atoms with Crippen molar-refractivity contribution in [3.8, 4) is 0 Å². The van der Waals surface area contributed by atoms with Gasteiger partial charge in [-0.2, -0.15) is 0 Å². The molecule has 3 nitrogen and oxygen atoms in total. The summed E-state index contributed by atoms with van der Waals surface area (Å²) in [5.74, 6) is 0. The predicted molar refractivity (Wildman–Crippen MR) is 137 cm³/mol. The van der Waals surface area contributed by atoms with Crippen LogP contribution in [0.15, 0.2) is 83.9 Å². The monoisotopic (exact) mass is 425 g/mol. The number of para-hydroxylation sites is 2. The lowest BCUT2D eigenvalue weighted by Crippen LogP contribution is -2.30. The van der Waals surface area contributed by atoms with Crippen molar-refractivity contribution in [1.82, 2.24) is 4.90 Å². The van der Waals surface area contributed by atoms with Gasteiger partial charge in [0.1, 0.15) is 0 Å². The van der Waals surface area contributed by atoms with Crippen molar-refractivity contribution in [1.29, 1.82) is 0 Å². The van der Waals surface area contributed by atoms with Crippen LogP contribution in [0.25, 0.3) is 22.2 Å². The average Bonchev–Trinajstić information content (AvgIpc) is 3.57. The van der Waals surface area contributed by atoms with Gasteiger partial charge in [0.2, 0.25) is 0 Å². The van der Waals surface area contributed by atoms with Crippen LogP contribution in [0.2, 0.25) is 0 Å². The normalized spacial score (nSPS) is 20.5. The van der Waals surface area contributed by atoms with Crippen molar-refractivity contribution in [3.05, 3.63) is 101 Å². The maximum absolute atomic E-state index is 4.89. The second-order valence-corrected chi connectivity index (χ2v) is 10.1. The number of fused-ring (bicyclic) bond motifs is 6. The van der Waals surface area contributed by atoms with E-state index in [-0.39, 0.29) is 5.41 Å². The molecular formula is C30H23N3. The molecule has 0 saturated carbocycles. The molecule has 1 fully saturated rings. The molecule has 0 aromatic heterocycles. The maximum Gasteiger partial charge on any atom is 0.0945 e. The van der Waals surface area contributed by atoms with Crippen molar-refractivity contribution in [2.24, 2.45) is 4.99 Å². The minimum atomic E-state index is -0.0534. The summed E-state index contributed by atoms with van der Waals surface area (Å²) >= 11 is 0. The lowest BCUT2D eigenvalue weighted by Gasteiger charge is -2.42. The van der Waals surface area contributed by atoms with E-state index in [4.69, 9.17) is 4.99 Å². The molecule has 1 unspecified atom stereocenters. The highest BCUT2D eigenvalue weighted by molar-refractivity contribution is 6.19. The number of hydrogen-bond acceptors (Lipinski definition) is 3. The van der Waals surface area contributed by atoms with E-state index in [1.807, 2.05) is 0 Å². The number of aliphatic imine (C=N–C) groups is 1. The number of benzene rings is 4. The molecule has 4 aromatic rings. The summed E-state index contributed by atoms with van der Waals surface area (Å²) < 4.78 is 0. The van der Waals surface area contributed by atoms with Gasteiger partial charge in [-0.15, -0.1) is 0 Å². The predicted octanol–water partition coefficient (Wildman–Crippen LogP) is 6.86. The second kappa shape index (κ2) is 5.74. The minimum Gasteiger partial charge on any atom is -0.357 e. The molecule has 3 heteroatoms. The first-order valence-electron chi connectivity index (χ1n) is 11.8. The van der Waals surface area contributed by atoms with Crippen LogP contribution in [0.4, 0.5) is 17.1 Å². The SMILES string of the molecule is CC1(C)c2ccccc2N(c2ccc3c4c(cccc24)C2=C3N3CC3C=N2)c2ccccc21. The van der Waals surface area contributed by atoms with E-state index >= 15 is 0 Å². The summed E-state index contributed by atoms with van der Waals surface area (Å²) in [4.78, 5) is 9.84. The zero-order valence-corrected chi connectivity index (χ0v) is 18.7. The Morgan fingerprint density at radius 1 is 0.758 bits per heavy atom. The van der Waals surface area contributed by atoms with Gasteiger partial charge in [-0.3, -0.25) is 4.99 Å². The highest BCUT2D eigenvalue weighted by Crippen LogP contribution is 2.55. The lowest BCUT2D eigenvalue weighted by molar-refractivity contribution is 0.632. The van der Waals surface area contributed by atoms with Gasteiger partial charge in [-0.1, -0.05) is 74.5 Å². The Labute approximate surface area is 193 Å². The summed E-state index contributed by atoms with van der Waals surface area (Å²) in [5, 5.41) is 2.63. The van der Waals surface area contributed by atoms with Crippen LogP contribution in [0, 0.1) is 0 Å². The third-order valence-electron chi connectivity index (χ3n) is 7.94. The average molecular weight is 426 g/mol. The van der Waals surface area contributed by atoms with Crippen molar-refractivity contribution < 1.29 is 0 Å². The fourth-order valence-electron chi connectivity index (χ4n) is 6.29. The molecule has 1 aliphatic carbocycles. The van der Waals surface area contributed by atoms with E-state index in [0.29, 0.717) is 6.04 Å². The number of rotatable bonds is 1. The van der Waals surface area contributed by atoms with Crippen molar-refractivity contribution >= 4 is 45.4 Å². The van der Waals surface area contributed by atoms with E-state index in [0.717, 1.165) is 12.2 Å². The van der Waals surface area contributed by atoms with E-state index in [2.05, 4.69) is 109 Å². The van der Waals surface area contributed by atoms with Gasteiger partial charge >= 0.3 is 0 Å². The molecule has 4 aromatic carbocycles. The van der Waals surface area contributed by atoms with Crippen LogP contribution in [0.3, 0.4) is 0 Å². The third-order valence-corrected chi connectivity index (χ3v) is 7.94. The fraction of sp³-hybridized carbons (Fsp3) is 0.167. The van der Waals surface area contributed by atoms with Crippen molar-refractivity contribution in [3.63, 3.8) is 0 Å². The van der Waals surface area contributed by atoms with Crippen LogP contribution < -0.4 is 4.90 Å². The Morgan fingerprint density at radius 2 is 1.48 bits per heavy atom. The molecule has 8 rings (SSSR count). The smallest absolute Gasteiger partial charge is 0.0945 e. The fourth-order valence-corrected chi connectivity index (χ4v) is 6.29. The quantitative estimate of drug-likeness (QED) is 0.310. The Bertz CT molecular complexity index is 1540. The third kappa shape index (κ3) is 2.08. The first kappa shape index (κ1) is 17.7. The van der Waals surface area contributed by atoms with Gasteiger partial charge in [0.15, 0.2) is 0 Å². The van der Waals surface area contributed by atoms with Gasteiger partial charge in [-0.25, -0.2) is 0 Å². The van der Waals surface area contributed by atoms with E-state index < -0.39 is 0 Å². The van der Waals surface area contributed by atoms with E-state index in [1.54, 1.807) is 0 Å². The summed E-state index contributed by atoms with van der Waals surface area (Å²) in [6.45, 7) is 5.76. The van der Waals surface area contributed by atoms with E-state index in [9.17, 15) is 0 Å². The lowest BCUT2D eigenvalue weighted by atomic mass is 9.73. The van der Waals surface area contributed by atoms with Gasteiger partial charge in [0.05, 0.1) is 34.5 Å².